The summed E-state index contributed by atoms with van der Waals surface area (Å²) in [6, 6.07) is 0. The van der Waals surface area contributed by atoms with Crippen LogP contribution in [-0.2, 0) is 19.1 Å². The molecule has 0 aromatic heterocycles. The molecule has 1 rings (SSSR count). The molecule has 0 aromatic rings. The third-order valence-electron chi connectivity index (χ3n) is 3.08. The smallest absolute Gasteiger partial charge is 0.311 e. The monoisotopic (exact) mass is 284 g/mol. The lowest BCUT2D eigenvalue weighted by Crippen LogP contribution is -2.51. The minimum atomic E-state index is -0.591. The van der Waals surface area contributed by atoms with Crippen molar-refractivity contribution >= 4 is 17.8 Å². The van der Waals surface area contributed by atoms with Crippen LogP contribution in [0.4, 0.5) is 0 Å². The van der Waals surface area contributed by atoms with Gasteiger partial charge in [0.2, 0.25) is 0 Å². The quantitative estimate of drug-likeness (QED) is 0.598. The maximum Gasteiger partial charge on any atom is 0.311 e. The summed E-state index contributed by atoms with van der Waals surface area (Å²) < 4.78 is 4.97. The van der Waals surface area contributed by atoms with Gasteiger partial charge in [0.1, 0.15) is 0 Å². The third-order valence-corrected chi connectivity index (χ3v) is 3.08. The second kappa shape index (κ2) is 6.72. The van der Waals surface area contributed by atoms with Crippen molar-refractivity contribution in [3.63, 3.8) is 0 Å². The van der Waals surface area contributed by atoms with Crippen molar-refractivity contribution in [1.29, 1.82) is 0 Å². The molecule has 1 fully saturated rings. The zero-order chi connectivity index (χ0) is 15.3. The minimum absolute atomic E-state index is 0.162. The van der Waals surface area contributed by atoms with Gasteiger partial charge in [-0.2, -0.15) is 0 Å². The SMILES string of the molecule is CCOC(=O)C1CCN(C(=O)C(=O)NC(C)(C)C)CC1. The Balaban J connectivity index is 2.47. The first-order valence-electron chi connectivity index (χ1n) is 7.02. The van der Waals surface area contributed by atoms with E-state index in [1.165, 1.54) is 4.90 Å². The largest absolute Gasteiger partial charge is 0.466 e. The van der Waals surface area contributed by atoms with Crippen LogP contribution in [0.1, 0.15) is 40.5 Å². The predicted octanol–water partition coefficient (Wildman–Crippen LogP) is 0.703. The summed E-state index contributed by atoms with van der Waals surface area (Å²) in [5, 5.41) is 2.65. The number of amides is 2. The fourth-order valence-electron chi connectivity index (χ4n) is 2.12. The van der Waals surface area contributed by atoms with Crippen molar-refractivity contribution < 1.29 is 19.1 Å². The lowest BCUT2D eigenvalue weighted by atomic mass is 9.97. The number of ether oxygens (including phenoxy) is 1. The summed E-state index contributed by atoms with van der Waals surface area (Å²) in [7, 11) is 0. The van der Waals surface area contributed by atoms with E-state index in [1.54, 1.807) is 6.92 Å². The number of nitrogens with zero attached hydrogens (tertiary/aromatic N) is 1. The van der Waals surface area contributed by atoms with Crippen LogP contribution < -0.4 is 5.32 Å². The Kier molecular flexibility index (Phi) is 5.53. The number of rotatable bonds is 2. The average molecular weight is 284 g/mol. The summed E-state index contributed by atoms with van der Waals surface area (Å²) in [4.78, 5) is 36.8. The van der Waals surface area contributed by atoms with E-state index < -0.39 is 17.4 Å². The van der Waals surface area contributed by atoms with Crippen molar-refractivity contribution in [2.45, 2.75) is 46.1 Å². The Morgan fingerprint density at radius 1 is 1.20 bits per heavy atom. The molecule has 0 atom stereocenters. The fraction of sp³-hybridized carbons (Fsp3) is 0.786. The molecule has 6 nitrogen and oxygen atoms in total. The van der Waals surface area contributed by atoms with Crippen LogP contribution in [-0.4, -0.2) is 47.9 Å². The molecule has 1 heterocycles. The lowest BCUT2D eigenvalue weighted by Gasteiger charge is -2.31. The van der Waals surface area contributed by atoms with Crippen LogP contribution in [0.2, 0.25) is 0 Å². The van der Waals surface area contributed by atoms with E-state index in [4.69, 9.17) is 4.74 Å². The molecule has 0 saturated carbocycles. The summed E-state index contributed by atoms with van der Waals surface area (Å²) >= 11 is 0. The summed E-state index contributed by atoms with van der Waals surface area (Å²) in [6.07, 6.45) is 1.10. The van der Waals surface area contributed by atoms with Gasteiger partial charge in [0.15, 0.2) is 0 Å². The highest BCUT2D eigenvalue weighted by Crippen LogP contribution is 2.18. The van der Waals surface area contributed by atoms with Crippen LogP contribution in [0.25, 0.3) is 0 Å². The lowest BCUT2D eigenvalue weighted by molar-refractivity contribution is -0.153. The number of piperidine rings is 1. The van der Waals surface area contributed by atoms with Gasteiger partial charge in [0.25, 0.3) is 0 Å². The normalized spacial score (nSPS) is 16.7. The molecule has 6 heteroatoms. The highest BCUT2D eigenvalue weighted by Gasteiger charge is 2.31. The van der Waals surface area contributed by atoms with Crippen molar-refractivity contribution in [2.24, 2.45) is 5.92 Å². The number of hydrogen-bond donors (Lipinski definition) is 1. The number of esters is 1. The third kappa shape index (κ3) is 4.83. The maximum atomic E-state index is 12.0. The van der Waals surface area contributed by atoms with Gasteiger partial charge in [-0.3, -0.25) is 14.4 Å². The van der Waals surface area contributed by atoms with Gasteiger partial charge in [-0.05, 0) is 40.5 Å². The Hall–Kier alpha value is -1.59. The van der Waals surface area contributed by atoms with Gasteiger partial charge < -0.3 is 15.0 Å². The molecule has 0 aliphatic carbocycles. The number of likely N-dealkylation sites (tertiary alicyclic amines) is 1. The van der Waals surface area contributed by atoms with Crippen LogP contribution in [0, 0.1) is 5.92 Å². The Morgan fingerprint density at radius 3 is 2.20 bits per heavy atom. The zero-order valence-corrected chi connectivity index (χ0v) is 12.7. The van der Waals surface area contributed by atoms with Crippen LogP contribution in [0.5, 0.6) is 0 Å². The highest BCUT2D eigenvalue weighted by molar-refractivity contribution is 6.35. The summed E-state index contributed by atoms with van der Waals surface area (Å²) in [6.45, 7) is 8.45. The molecule has 0 radical (unpaired) electrons. The first-order chi connectivity index (χ1) is 9.24. The van der Waals surface area contributed by atoms with E-state index in [0.717, 1.165) is 0 Å². The maximum absolute atomic E-state index is 12.0. The first-order valence-corrected chi connectivity index (χ1v) is 7.02. The molecule has 114 valence electrons. The minimum Gasteiger partial charge on any atom is -0.466 e. The second-order valence-corrected chi connectivity index (χ2v) is 6.02. The van der Waals surface area contributed by atoms with Crippen molar-refractivity contribution in [1.82, 2.24) is 10.2 Å². The molecule has 1 saturated heterocycles. The highest BCUT2D eigenvalue weighted by atomic mass is 16.5. The van der Waals surface area contributed by atoms with Crippen molar-refractivity contribution in [3.8, 4) is 0 Å². The average Bonchev–Trinajstić information content (AvgIpc) is 2.36. The molecule has 20 heavy (non-hydrogen) atoms. The summed E-state index contributed by atoms with van der Waals surface area (Å²) in [5.41, 5.74) is -0.435. The molecule has 0 spiro atoms. The number of carbonyl (C=O) groups is 3. The van der Waals surface area contributed by atoms with E-state index in [0.29, 0.717) is 32.5 Å². The topological polar surface area (TPSA) is 75.7 Å². The summed E-state index contributed by atoms with van der Waals surface area (Å²) in [5.74, 6) is -1.49. The molecular formula is C14H24N2O4. The Morgan fingerprint density at radius 2 is 1.75 bits per heavy atom. The first kappa shape index (κ1) is 16.5. The number of nitrogens with one attached hydrogen (secondary N) is 1. The van der Waals surface area contributed by atoms with Crippen LogP contribution in [0.15, 0.2) is 0 Å². The standard InChI is InChI=1S/C14H24N2O4/c1-5-20-13(19)10-6-8-16(9-7-10)12(18)11(17)15-14(2,3)4/h10H,5-9H2,1-4H3,(H,15,17). The van der Waals surface area contributed by atoms with E-state index in [1.807, 2.05) is 20.8 Å². The molecule has 1 aliphatic heterocycles. The van der Waals surface area contributed by atoms with Gasteiger partial charge in [-0.15, -0.1) is 0 Å². The van der Waals surface area contributed by atoms with E-state index in [9.17, 15) is 14.4 Å². The predicted molar refractivity (Wildman–Crippen MR) is 73.8 cm³/mol. The van der Waals surface area contributed by atoms with Gasteiger partial charge in [0, 0.05) is 18.6 Å². The molecule has 0 bridgehead atoms. The van der Waals surface area contributed by atoms with Crippen molar-refractivity contribution in [3.05, 3.63) is 0 Å². The molecule has 2 amide bonds. The number of carbonyl (C=O) groups excluding carboxylic acids is 3. The zero-order valence-electron chi connectivity index (χ0n) is 12.7. The van der Waals surface area contributed by atoms with Crippen LogP contribution in [0.3, 0.4) is 0 Å². The van der Waals surface area contributed by atoms with E-state index in [2.05, 4.69) is 5.32 Å². The molecule has 1 N–H and O–H groups in total. The van der Waals surface area contributed by atoms with Crippen molar-refractivity contribution in [2.75, 3.05) is 19.7 Å². The van der Waals surface area contributed by atoms with Crippen LogP contribution >= 0.6 is 0 Å². The Labute approximate surface area is 119 Å². The van der Waals surface area contributed by atoms with Gasteiger partial charge in [-0.25, -0.2) is 0 Å². The molecule has 0 unspecified atom stereocenters. The molecule has 1 aliphatic rings. The van der Waals surface area contributed by atoms with Gasteiger partial charge in [-0.1, -0.05) is 0 Å². The van der Waals surface area contributed by atoms with Gasteiger partial charge >= 0.3 is 17.8 Å². The second-order valence-electron chi connectivity index (χ2n) is 6.02. The fourth-order valence-corrected chi connectivity index (χ4v) is 2.12. The molecular weight excluding hydrogens is 260 g/mol. The number of hydrogen-bond acceptors (Lipinski definition) is 4. The Bertz CT molecular complexity index is 379. The van der Waals surface area contributed by atoms with Gasteiger partial charge in [0.05, 0.1) is 12.5 Å². The van der Waals surface area contributed by atoms with E-state index in [-0.39, 0.29) is 11.9 Å². The molecule has 0 aromatic carbocycles. The van der Waals surface area contributed by atoms with E-state index >= 15 is 0 Å².